The van der Waals surface area contributed by atoms with Crippen molar-refractivity contribution < 1.29 is 4.74 Å². The molecule has 2 heteroatoms. The minimum atomic E-state index is 0.929. The van der Waals surface area contributed by atoms with Gasteiger partial charge in [0.15, 0.2) is 0 Å². The van der Waals surface area contributed by atoms with Crippen LogP contribution in [0.25, 0.3) is 5.57 Å². The largest absolute Gasteiger partial charge is 0.497 e. The summed E-state index contributed by atoms with van der Waals surface area (Å²) >= 11 is 3.53. The second-order valence-electron chi connectivity index (χ2n) is 4.70. The number of rotatable bonds is 1. The van der Waals surface area contributed by atoms with Crippen molar-refractivity contribution >= 4 is 21.5 Å². The first kappa shape index (κ1) is 12.5. The number of hydrogen-bond acceptors (Lipinski definition) is 1. The molecule has 1 nitrogen and oxygen atoms in total. The molecule has 0 atom stereocenters. The second-order valence-corrected chi connectivity index (χ2v) is 5.16. The van der Waals surface area contributed by atoms with Gasteiger partial charge in [-0.2, -0.15) is 0 Å². The molecule has 0 N–H and O–H groups in total. The normalized spacial score (nSPS) is 15.6. The van der Waals surface area contributed by atoms with Crippen LogP contribution in [-0.2, 0) is 12.8 Å². The fourth-order valence-electron chi connectivity index (χ4n) is 2.70. The molecule has 0 bridgehead atoms. The minimum Gasteiger partial charge on any atom is -0.497 e. The third-order valence-corrected chi connectivity index (χ3v) is 4.14. The molecule has 0 saturated heterocycles. The molecule has 1 aliphatic carbocycles. The van der Waals surface area contributed by atoms with Gasteiger partial charge < -0.3 is 4.74 Å². The van der Waals surface area contributed by atoms with Gasteiger partial charge in [-0.1, -0.05) is 46.3 Å². The number of methoxy groups -OCH3 is 1. The highest BCUT2D eigenvalue weighted by Gasteiger charge is 2.17. The lowest BCUT2D eigenvalue weighted by Crippen LogP contribution is -1.93. The van der Waals surface area contributed by atoms with Gasteiger partial charge in [-0.15, -0.1) is 0 Å². The van der Waals surface area contributed by atoms with Crippen LogP contribution < -0.4 is 4.74 Å². The van der Waals surface area contributed by atoms with Crippen LogP contribution in [0.4, 0.5) is 0 Å². The van der Waals surface area contributed by atoms with Gasteiger partial charge in [0.25, 0.3) is 0 Å². The Labute approximate surface area is 122 Å². The third-order valence-electron chi connectivity index (χ3n) is 3.68. The van der Waals surface area contributed by atoms with Crippen molar-refractivity contribution in [2.45, 2.75) is 12.8 Å². The summed E-state index contributed by atoms with van der Waals surface area (Å²) in [6, 6.07) is 15.0. The monoisotopic (exact) mass is 314 g/mol. The minimum absolute atomic E-state index is 0.929. The van der Waals surface area contributed by atoms with E-state index in [1.807, 2.05) is 11.1 Å². The molecule has 3 rings (SSSR count). The van der Waals surface area contributed by atoms with Crippen molar-refractivity contribution in [2.75, 3.05) is 7.11 Å². The number of benzene rings is 2. The Hall–Kier alpha value is -1.54. The number of fused-ring (bicyclic) bond motifs is 2. The highest BCUT2D eigenvalue weighted by atomic mass is 79.9. The molecule has 19 heavy (non-hydrogen) atoms. The molecule has 0 heterocycles. The van der Waals surface area contributed by atoms with Crippen LogP contribution in [0.3, 0.4) is 0 Å². The van der Waals surface area contributed by atoms with Gasteiger partial charge in [0.2, 0.25) is 0 Å². The van der Waals surface area contributed by atoms with Crippen LogP contribution in [0.1, 0.15) is 22.3 Å². The van der Waals surface area contributed by atoms with Crippen molar-refractivity contribution in [1.29, 1.82) is 0 Å². The summed E-state index contributed by atoms with van der Waals surface area (Å²) in [7, 11) is 1.72. The van der Waals surface area contributed by atoms with Gasteiger partial charge in [-0.05, 0) is 57.8 Å². The number of hydrogen-bond donors (Lipinski definition) is 0. The first-order valence-electron chi connectivity index (χ1n) is 6.39. The Morgan fingerprint density at radius 1 is 1.00 bits per heavy atom. The summed E-state index contributed by atoms with van der Waals surface area (Å²) in [5.41, 5.74) is 6.63. The lowest BCUT2D eigenvalue weighted by Gasteiger charge is -2.11. The number of halogens is 1. The lowest BCUT2D eigenvalue weighted by atomic mass is 9.95. The molecular weight excluding hydrogens is 300 g/mol. The van der Waals surface area contributed by atoms with Gasteiger partial charge in [0.05, 0.1) is 7.11 Å². The Morgan fingerprint density at radius 2 is 1.74 bits per heavy atom. The number of aryl methyl sites for hydroxylation is 2. The quantitative estimate of drug-likeness (QED) is 0.748. The van der Waals surface area contributed by atoms with E-state index in [0.717, 1.165) is 18.6 Å². The average Bonchev–Trinajstić information content (AvgIpc) is 2.63. The molecule has 0 unspecified atom stereocenters. The highest BCUT2D eigenvalue weighted by molar-refractivity contribution is 9.11. The van der Waals surface area contributed by atoms with Gasteiger partial charge in [0.1, 0.15) is 5.75 Å². The topological polar surface area (TPSA) is 9.23 Å². The van der Waals surface area contributed by atoms with E-state index in [9.17, 15) is 0 Å². The second kappa shape index (κ2) is 5.22. The summed E-state index contributed by atoms with van der Waals surface area (Å²) in [5, 5.41) is 0. The molecule has 1 aliphatic rings. The maximum atomic E-state index is 5.34. The van der Waals surface area contributed by atoms with Crippen LogP contribution in [0.5, 0.6) is 5.75 Å². The molecule has 0 aliphatic heterocycles. The Bertz CT molecular complexity index is 643. The van der Waals surface area contributed by atoms with Crippen molar-refractivity contribution in [1.82, 2.24) is 0 Å². The van der Waals surface area contributed by atoms with E-state index in [1.165, 1.54) is 27.8 Å². The Balaban J connectivity index is 2.20. The van der Waals surface area contributed by atoms with E-state index in [0.29, 0.717) is 0 Å². The average molecular weight is 315 g/mol. The van der Waals surface area contributed by atoms with Crippen molar-refractivity contribution in [3.05, 3.63) is 69.7 Å². The smallest absolute Gasteiger partial charge is 0.119 e. The number of ether oxygens (including phenoxy) is 1. The standard InChI is InChI=1S/C17H15BrO/c1-19-14-8-9-16-13(10-14)7-6-12-4-2-3-5-15(12)17(16)11-18/h2-5,8-11H,6-7H2,1H3. The van der Waals surface area contributed by atoms with Gasteiger partial charge in [-0.3, -0.25) is 0 Å². The van der Waals surface area contributed by atoms with Crippen molar-refractivity contribution in [3.63, 3.8) is 0 Å². The molecule has 2 aromatic carbocycles. The van der Waals surface area contributed by atoms with E-state index in [1.54, 1.807) is 7.11 Å². The summed E-state index contributed by atoms with van der Waals surface area (Å²) in [6.07, 6.45) is 2.12. The lowest BCUT2D eigenvalue weighted by molar-refractivity contribution is 0.414. The predicted molar refractivity (Wildman–Crippen MR) is 82.9 cm³/mol. The molecule has 0 amide bonds. The van der Waals surface area contributed by atoms with E-state index in [2.05, 4.69) is 52.3 Å². The van der Waals surface area contributed by atoms with Crippen LogP contribution in [-0.4, -0.2) is 7.11 Å². The van der Waals surface area contributed by atoms with Crippen LogP contribution in [0.2, 0.25) is 0 Å². The van der Waals surface area contributed by atoms with E-state index >= 15 is 0 Å². The van der Waals surface area contributed by atoms with E-state index < -0.39 is 0 Å². The molecule has 0 saturated carbocycles. The fraction of sp³-hybridized carbons (Fsp3) is 0.176. The summed E-state index contributed by atoms with van der Waals surface area (Å²) < 4.78 is 5.34. The zero-order valence-corrected chi connectivity index (χ0v) is 12.4. The molecule has 0 fully saturated rings. The maximum absolute atomic E-state index is 5.34. The van der Waals surface area contributed by atoms with Crippen LogP contribution >= 0.6 is 15.9 Å². The Morgan fingerprint density at radius 3 is 2.53 bits per heavy atom. The van der Waals surface area contributed by atoms with Gasteiger partial charge in [-0.25, -0.2) is 0 Å². The van der Waals surface area contributed by atoms with Crippen molar-refractivity contribution in [2.24, 2.45) is 0 Å². The molecule has 2 aromatic rings. The maximum Gasteiger partial charge on any atom is 0.119 e. The van der Waals surface area contributed by atoms with Crippen molar-refractivity contribution in [3.8, 4) is 5.75 Å². The van der Waals surface area contributed by atoms with E-state index in [4.69, 9.17) is 4.74 Å². The summed E-state index contributed by atoms with van der Waals surface area (Å²) in [4.78, 5) is 2.03. The first-order valence-corrected chi connectivity index (χ1v) is 7.31. The predicted octanol–water partition coefficient (Wildman–Crippen LogP) is 4.58. The summed E-state index contributed by atoms with van der Waals surface area (Å²) in [6.45, 7) is 0. The molecular formula is C17H15BrO. The fourth-order valence-corrected chi connectivity index (χ4v) is 3.19. The van der Waals surface area contributed by atoms with E-state index in [-0.39, 0.29) is 0 Å². The van der Waals surface area contributed by atoms with Crippen LogP contribution in [0.15, 0.2) is 47.4 Å². The Kier molecular flexibility index (Phi) is 3.43. The van der Waals surface area contributed by atoms with Gasteiger partial charge >= 0.3 is 0 Å². The van der Waals surface area contributed by atoms with Gasteiger partial charge in [0, 0.05) is 0 Å². The third kappa shape index (κ3) is 2.21. The molecule has 96 valence electrons. The molecule has 0 spiro atoms. The molecule has 0 radical (unpaired) electrons. The zero-order chi connectivity index (χ0) is 13.2. The zero-order valence-electron chi connectivity index (χ0n) is 10.8. The molecule has 0 aromatic heterocycles. The van der Waals surface area contributed by atoms with Crippen LogP contribution in [0, 0.1) is 0 Å². The SMILES string of the molecule is COc1ccc2c(c1)CCc1ccccc1C2=CBr. The first-order chi connectivity index (χ1) is 9.33. The summed E-state index contributed by atoms with van der Waals surface area (Å²) in [5.74, 6) is 0.929. The highest BCUT2D eigenvalue weighted by Crippen LogP contribution is 2.35.